The number of anilines is 2. The van der Waals surface area contributed by atoms with E-state index in [-0.39, 0.29) is 17.4 Å². The van der Waals surface area contributed by atoms with Crippen molar-refractivity contribution >= 4 is 28.4 Å². The van der Waals surface area contributed by atoms with Crippen molar-refractivity contribution < 1.29 is 18.7 Å². The maximum Gasteiger partial charge on any atom is 0.262 e. The molecule has 0 saturated carbocycles. The summed E-state index contributed by atoms with van der Waals surface area (Å²) in [6.45, 7) is 9.20. The van der Waals surface area contributed by atoms with Crippen molar-refractivity contribution in [1.29, 1.82) is 0 Å². The van der Waals surface area contributed by atoms with Gasteiger partial charge in [0.1, 0.15) is 34.5 Å². The van der Waals surface area contributed by atoms with Gasteiger partial charge in [-0.2, -0.15) is 0 Å². The van der Waals surface area contributed by atoms with Gasteiger partial charge in [0.2, 0.25) is 5.43 Å². The van der Waals surface area contributed by atoms with Gasteiger partial charge in [-0.3, -0.25) is 19.5 Å². The van der Waals surface area contributed by atoms with Crippen LogP contribution in [0.5, 0.6) is 11.5 Å². The number of carbonyl (C=O) groups excluding carboxylic acids is 1. The van der Waals surface area contributed by atoms with Crippen LogP contribution in [0, 0.1) is 5.82 Å². The van der Waals surface area contributed by atoms with E-state index in [1.165, 1.54) is 36.7 Å². The first-order valence-corrected chi connectivity index (χ1v) is 15.6. The van der Waals surface area contributed by atoms with E-state index in [4.69, 9.17) is 9.47 Å². The zero-order chi connectivity index (χ0) is 32.5. The molecule has 0 spiro atoms. The number of ether oxygens (including phenoxy) is 2. The van der Waals surface area contributed by atoms with Crippen molar-refractivity contribution in [2.24, 2.45) is 0 Å². The molecule has 6 heterocycles. The quantitative estimate of drug-likeness (QED) is 0.248. The molecule has 0 atom stereocenters. The number of carbonyl (C=O) groups is 1. The number of pyridine rings is 4. The Morgan fingerprint density at radius 1 is 0.979 bits per heavy atom. The molecule has 1 N–H and O–H groups in total. The average molecular weight is 636 g/mol. The smallest absolute Gasteiger partial charge is 0.262 e. The molecule has 0 aliphatic carbocycles. The molecule has 5 aromatic rings. The van der Waals surface area contributed by atoms with Gasteiger partial charge in [-0.25, -0.2) is 14.4 Å². The van der Waals surface area contributed by atoms with E-state index in [1.807, 2.05) is 19.9 Å². The van der Waals surface area contributed by atoms with Crippen LogP contribution in [0.2, 0.25) is 0 Å². The Labute approximate surface area is 270 Å². The molecule has 2 aliphatic heterocycles. The van der Waals surface area contributed by atoms with E-state index in [1.54, 1.807) is 41.4 Å². The molecule has 2 saturated heterocycles. The van der Waals surface area contributed by atoms with Gasteiger partial charge < -0.3 is 24.3 Å². The lowest BCUT2D eigenvalue weighted by Gasteiger charge is -2.42. The summed E-state index contributed by atoms with van der Waals surface area (Å²) in [6, 6.07) is 13.2. The lowest BCUT2D eigenvalue weighted by Crippen LogP contribution is -2.56. The molecule has 2 aliphatic rings. The highest BCUT2D eigenvalue weighted by atomic mass is 19.1. The van der Waals surface area contributed by atoms with Crippen LogP contribution in [0.3, 0.4) is 0 Å². The van der Waals surface area contributed by atoms with Crippen molar-refractivity contribution in [1.82, 2.24) is 24.4 Å². The van der Waals surface area contributed by atoms with Crippen LogP contribution < -0.4 is 20.4 Å². The second-order valence-electron chi connectivity index (χ2n) is 12.0. The third-order valence-electron chi connectivity index (χ3n) is 8.60. The summed E-state index contributed by atoms with van der Waals surface area (Å²) in [5.41, 5.74) is 1.03. The molecular weight excluding hydrogens is 601 g/mol. The Kier molecular flexibility index (Phi) is 8.35. The monoisotopic (exact) mass is 635 g/mol. The highest BCUT2D eigenvalue weighted by Crippen LogP contribution is 2.31. The molecule has 0 bridgehead atoms. The zero-order valence-corrected chi connectivity index (χ0v) is 26.1. The summed E-state index contributed by atoms with van der Waals surface area (Å²) < 4.78 is 26.9. The number of benzene rings is 1. The lowest BCUT2D eigenvalue weighted by molar-refractivity contribution is -0.0660. The normalized spacial score (nSPS) is 15.5. The second-order valence-corrected chi connectivity index (χ2v) is 12.0. The molecule has 2 fully saturated rings. The fraction of sp³-hybridized carbons (Fsp3) is 0.286. The summed E-state index contributed by atoms with van der Waals surface area (Å²) in [4.78, 5) is 44.9. The van der Waals surface area contributed by atoms with Crippen molar-refractivity contribution in [3.05, 3.63) is 101 Å². The molecule has 240 valence electrons. The largest absolute Gasteiger partial charge is 0.455 e. The number of nitrogens with one attached hydrogen (secondary N) is 1. The Balaban J connectivity index is 1.07. The highest BCUT2D eigenvalue weighted by molar-refractivity contribution is 6.04. The lowest BCUT2D eigenvalue weighted by atomic mass is 10.0. The Bertz CT molecular complexity index is 1970. The van der Waals surface area contributed by atoms with Crippen LogP contribution in [0.15, 0.2) is 84.3 Å². The second kappa shape index (κ2) is 12.9. The number of aromatic nitrogens is 4. The Hall–Kier alpha value is -5.20. The molecule has 11 nitrogen and oxygen atoms in total. The van der Waals surface area contributed by atoms with Crippen molar-refractivity contribution in [2.75, 3.05) is 49.6 Å². The maximum absolute atomic E-state index is 13.5. The molecule has 4 aromatic heterocycles. The van der Waals surface area contributed by atoms with Gasteiger partial charge in [0.25, 0.3) is 5.91 Å². The van der Waals surface area contributed by atoms with E-state index in [0.29, 0.717) is 34.2 Å². The number of rotatable bonds is 8. The van der Waals surface area contributed by atoms with Crippen LogP contribution in [0.4, 0.5) is 16.0 Å². The topological polar surface area (TPSA) is 115 Å². The van der Waals surface area contributed by atoms with Crippen LogP contribution in [0.25, 0.3) is 22.0 Å². The van der Waals surface area contributed by atoms with Gasteiger partial charge in [0, 0.05) is 61.8 Å². The number of fused-ring (bicyclic) bond motifs is 1. The summed E-state index contributed by atoms with van der Waals surface area (Å²) in [7, 11) is 0. The minimum atomic E-state index is -0.600. The molecule has 1 amide bonds. The highest BCUT2D eigenvalue weighted by Gasteiger charge is 2.29. The summed E-state index contributed by atoms with van der Waals surface area (Å²) >= 11 is 0. The summed E-state index contributed by atoms with van der Waals surface area (Å²) in [5.74, 6) is 1.19. The molecule has 7 rings (SSSR count). The number of hydrogen-bond donors (Lipinski definition) is 1. The van der Waals surface area contributed by atoms with Gasteiger partial charge >= 0.3 is 0 Å². The predicted octanol–water partition coefficient (Wildman–Crippen LogP) is 5.14. The summed E-state index contributed by atoms with van der Waals surface area (Å²) in [6.07, 6.45) is 8.14. The fourth-order valence-corrected chi connectivity index (χ4v) is 5.74. The molecule has 1 aromatic carbocycles. The molecule has 47 heavy (non-hydrogen) atoms. The standard InChI is InChI=1S/C35H34FN7O4/c1-22(2)43-18-28(23-3-5-24(36)6-4-23)34(44)29(19-43)35(45)40-32-8-7-26(16-38-32)47-31-9-10-37-30-17-39-33(15-27(30)31)42-13-11-41(12-14-42)25-20-46-21-25/h3-10,15-19,22,25H,11-14,20-21H2,1-2H3,(H,38,40,45). The van der Waals surface area contributed by atoms with E-state index < -0.39 is 17.2 Å². The third-order valence-corrected chi connectivity index (χ3v) is 8.60. The van der Waals surface area contributed by atoms with Gasteiger partial charge in [0.05, 0.1) is 37.2 Å². The van der Waals surface area contributed by atoms with Gasteiger partial charge in [-0.05, 0) is 55.8 Å². The number of halogens is 1. The fourth-order valence-electron chi connectivity index (χ4n) is 5.74. The first-order chi connectivity index (χ1) is 22.8. The molecule has 0 unspecified atom stereocenters. The number of hydrogen-bond acceptors (Lipinski definition) is 9. The van der Waals surface area contributed by atoms with Crippen LogP contribution in [0.1, 0.15) is 30.2 Å². The first kappa shape index (κ1) is 30.5. The maximum atomic E-state index is 13.5. The SMILES string of the molecule is CC(C)n1cc(C(=O)Nc2ccc(Oc3ccnc4cnc(N5CCN(C6COC6)CC5)cc34)cn2)c(=O)c(-c2ccc(F)cc2)c1. The Morgan fingerprint density at radius 3 is 2.45 bits per heavy atom. The number of nitrogens with zero attached hydrogens (tertiary/aromatic N) is 6. The minimum Gasteiger partial charge on any atom is -0.455 e. The van der Waals surface area contributed by atoms with E-state index in [0.717, 1.165) is 50.6 Å². The zero-order valence-electron chi connectivity index (χ0n) is 26.1. The molecule has 0 radical (unpaired) electrons. The minimum absolute atomic E-state index is 0.0234. The van der Waals surface area contributed by atoms with Crippen molar-refractivity contribution in [3.63, 3.8) is 0 Å². The van der Waals surface area contributed by atoms with Gasteiger partial charge in [-0.15, -0.1) is 0 Å². The first-order valence-electron chi connectivity index (χ1n) is 15.6. The number of amides is 1. The van der Waals surface area contributed by atoms with Crippen molar-refractivity contribution in [3.8, 4) is 22.6 Å². The van der Waals surface area contributed by atoms with Gasteiger partial charge in [-0.1, -0.05) is 12.1 Å². The third kappa shape index (κ3) is 6.42. The van der Waals surface area contributed by atoms with E-state index >= 15 is 0 Å². The average Bonchev–Trinajstić information content (AvgIpc) is 3.05. The Morgan fingerprint density at radius 2 is 1.77 bits per heavy atom. The van der Waals surface area contributed by atoms with Crippen LogP contribution >= 0.6 is 0 Å². The van der Waals surface area contributed by atoms with Crippen molar-refractivity contribution in [2.45, 2.75) is 25.9 Å². The van der Waals surface area contributed by atoms with Crippen LogP contribution in [-0.4, -0.2) is 75.8 Å². The van der Waals surface area contributed by atoms with Crippen LogP contribution in [-0.2, 0) is 4.74 Å². The molecular formula is C35H34FN7O4. The van der Waals surface area contributed by atoms with E-state index in [9.17, 15) is 14.0 Å². The van der Waals surface area contributed by atoms with E-state index in [2.05, 4.69) is 30.1 Å². The predicted molar refractivity (Wildman–Crippen MR) is 177 cm³/mol. The molecule has 12 heteroatoms. The van der Waals surface area contributed by atoms with Gasteiger partial charge in [0.15, 0.2) is 0 Å². The summed E-state index contributed by atoms with van der Waals surface area (Å²) in [5, 5.41) is 3.55. The number of piperazine rings is 1.